The smallest absolute Gasteiger partial charge is 0.338 e. The highest BCUT2D eigenvalue weighted by atomic mass is 35.5. The van der Waals surface area contributed by atoms with Gasteiger partial charge < -0.3 is 30.6 Å². The minimum absolute atomic E-state index is 0.0194. The highest BCUT2D eigenvalue weighted by molar-refractivity contribution is 6.43. The van der Waals surface area contributed by atoms with Crippen molar-refractivity contribution in [2.24, 2.45) is 5.73 Å². The van der Waals surface area contributed by atoms with Crippen LogP contribution in [0.4, 0.5) is 0 Å². The summed E-state index contributed by atoms with van der Waals surface area (Å²) in [6, 6.07) is 7.45. The van der Waals surface area contributed by atoms with E-state index < -0.39 is 40.9 Å². The standard InChI is InChI=1S/C9H6Cl2O4.C8H4Cl2O4.C6H6N2O/c1-15-9(14)5-3-7(11)6(10)2-4(5)8(12)13;9-5-1-3(7(11)12)4(8(13)14)2-6(5)10;7-6(9)5-1-3-8-4-2-5/h2-3H,1H3,(H,12,13);1-2H,(H,11,12)(H,13,14);1-4H,(H2,7,9). The average molecular weight is 606 g/mol. The molecular weight excluding hydrogens is 590 g/mol. The van der Waals surface area contributed by atoms with Crippen molar-refractivity contribution in [1.82, 2.24) is 0 Å². The molecule has 0 saturated carbocycles. The lowest BCUT2D eigenvalue weighted by Gasteiger charge is -2.08. The Hall–Kier alpha value is -3.90. The van der Waals surface area contributed by atoms with Gasteiger partial charge in [-0.15, -0.1) is 0 Å². The Bertz CT molecular complexity index is 1340. The molecule has 0 aliphatic rings. The maximum Gasteiger partial charge on any atom is 0.338 e. The Labute approximate surface area is 234 Å². The molecule has 3 rings (SSSR count). The molecule has 0 aliphatic heterocycles. The van der Waals surface area contributed by atoms with E-state index in [4.69, 9.17) is 62.4 Å². The maximum atomic E-state index is 11.2. The van der Waals surface area contributed by atoms with E-state index in [0.29, 0.717) is 5.56 Å². The molecule has 0 fully saturated rings. The lowest BCUT2D eigenvalue weighted by molar-refractivity contribution is -0.378. The van der Waals surface area contributed by atoms with Crippen LogP contribution in [0, 0.1) is 0 Å². The predicted octanol–water partition coefficient (Wildman–Crippen LogP) is 3.13. The second-order valence-corrected chi connectivity index (χ2v) is 8.29. The number of H-pyrrole nitrogens is 1. The van der Waals surface area contributed by atoms with E-state index in [1.54, 1.807) is 24.5 Å². The number of nitrogens with two attached hydrogens (primary N) is 1. The van der Waals surface area contributed by atoms with Crippen LogP contribution in [0.3, 0.4) is 0 Å². The summed E-state index contributed by atoms with van der Waals surface area (Å²) in [4.78, 5) is 56.3. The van der Waals surface area contributed by atoms with Crippen LogP contribution < -0.4 is 15.8 Å². The van der Waals surface area contributed by atoms with E-state index in [2.05, 4.69) is 9.72 Å². The molecule has 0 aliphatic carbocycles. The van der Waals surface area contributed by atoms with Crippen LogP contribution in [-0.4, -0.2) is 47.1 Å². The van der Waals surface area contributed by atoms with Gasteiger partial charge in [0.2, 0.25) is 5.91 Å². The SMILES string of the molecule is COC(=O)c1cc(Cl)c(Cl)cc1C(=O)O.NC(=O)c1cc[nH+]cc1.O=C([O-])c1cc(Cl)c(Cl)cc1C(=O)O. The minimum atomic E-state index is -1.61. The fraction of sp³-hybridized carbons (Fsp3) is 0.0435. The van der Waals surface area contributed by atoms with Crippen LogP contribution in [0.25, 0.3) is 0 Å². The zero-order valence-electron chi connectivity index (χ0n) is 19.0. The number of aromatic amines is 1. The van der Waals surface area contributed by atoms with E-state index >= 15 is 0 Å². The minimum Gasteiger partial charge on any atom is -0.545 e. The lowest BCUT2D eigenvalue weighted by atomic mass is 10.1. The molecule has 15 heteroatoms. The first-order valence-corrected chi connectivity index (χ1v) is 11.2. The number of carbonyl (C=O) groups excluding carboxylic acids is 3. The van der Waals surface area contributed by atoms with Crippen LogP contribution in [0.1, 0.15) is 51.8 Å². The number of pyridine rings is 1. The number of hydrogen-bond donors (Lipinski definition) is 3. The fourth-order valence-electron chi connectivity index (χ4n) is 2.45. The second-order valence-electron chi connectivity index (χ2n) is 6.67. The topological polar surface area (TPSA) is 198 Å². The molecule has 11 nitrogen and oxygen atoms in total. The molecule has 0 atom stereocenters. The molecule has 1 heterocycles. The maximum absolute atomic E-state index is 11.2. The number of nitrogens with one attached hydrogen (secondary N) is 1. The molecule has 38 heavy (non-hydrogen) atoms. The third kappa shape index (κ3) is 9.20. The molecule has 0 saturated heterocycles. The number of aromatic carboxylic acids is 3. The number of primary amides is 1. The van der Waals surface area contributed by atoms with Gasteiger partial charge in [0.25, 0.3) is 0 Å². The fourth-order valence-corrected chi connectivity index (χ4v) is 3.10. The molecule has 0 unspecified atom stereocenters. The van der Waals surface area contributed by atoms with Crippen molar-refractivity contribution < 1.29 is 49.0 Å². The number of halogens is 4. The van der Waals surface area contributed by atoms with Gasteiger partial charge in [0.1, 0.15) is 0 Å². The number of carboxylic acid groups (broad SMARTS) is 3. The first-order valence-electron chi connectivity index (χ1n) is 9.71. The van der Waals surface area contributed by atoms with Crippen LogP contribution in [0.5, 0.6) is 0 Å². The number of rotatable bonds is 5. The van der Waals surface area contributed by atoms with Gasteiger partial charge in [-0.3, -0.25) is 4.79 Å². The first-order chi connectivity index (χ1) is 17.7. The number of benzene rings is 2. The summed E-state index contributed by atoms with van der Waals surface area (Å²) >= 11 is 22.3. The summed E-state index contributed by atoms with van der Waals surface area (Å²) in [5.74, 6) is -5.45. The molecule has 200 valence electrons. The number of methoxy groups -OCH3 is 1. The summed E-state index contributed by atoms with van der Waals surface area (Å²) in [6.07, 6.45) is 3.31. The summed E-state index contributed by atoms with van der Waals surface area (Å²) in [5.41, 5.74) is 4.18. The van der Waals surface area contributed by atoms with Crippen molar-refractivity contribution >= 4 is 76.2 Å². The van der Waals surface area contributed by atoms with Gasteiger partial charge >= 0.3 is 17.9 Å². The zero-order valence-corrected chi connectivity index (χ0v) is 22.0. The number of esters is 1. The third-order valence-corrected chi connectivity index (χ3v) is 5.65. The van der Waals surface area contributed by atoms with Crippen molar-refractivity contribution in [2.75, 3.05) is 7.11 Å². The van der Waals surface area contributed by atoms with Crippen LogP contribution >= 0.6 is 46.4 Å². The largest absolute Gasteiger partial charge is 0.545 e. The Kier molecular flexibility index (Phi) is 12.5. The number of hydrogen-bond acceptors (Lipinski definition) is 7. The highest BCUT2D eigenvalue weighted by Crippen LogP contribution is 2.27. The lowest BCUT2D eigenvalue weighted by Crippen LogP contribution is -2.25. The molecule has 5 N–H and O–H groups in total. The predicted molar refractivity (Wildman–Crippen MR) is 134 cm³/mol. The van der Waals surface area contributed by atoms with Gasteiger partial charge in [0, 0.05) is 17.7 Å². The van der Waals surface area contributed by atoms with E-state index in [1.165, 1.54) is 6.07 Å². The van der Waals surface area contributed by atoms with Gasteiger partial charge in [0.05, 0.1) is 55.4 Å². The molecule has 0 spiro atoms. The Morgan fingerprint density at radius 2 is 1.13 bits per heavy atom. The van der Waals surface area contributed by atoms with Gasteiger partial charge in [-0.1, -0.05) is 46.4 Å². The summed E-state index contributed by atoms with van der Waals surface area (Å²) < 4.78 is 4.42. The summed E-state index contributed by atoms with van der Waals surface area (Å²) in [5, 5.41) is 28.1. The number of carbonyl (C=O) groups is 5. The molecular formula is C23H16Cl4N2O9. The molecule has 1 aromatic heterocycles. The van der Waals surface area contributed by atoms with Crippen molar-refractivity contribution in [3.8, 4) is 0 Å². The molecule has 0 radical (unpaired) electrons. The first kappa shape index (κ1) is 32.1. The Morgan fingerprint density at radius 1 is 0.763 bits per heavy atom. The molecule has 1 amide bonds. The second kappa shape index (κ2) is 14.7. The van der Waals surface area contributed by atoms with E-state index in [9.17, 15) is 29.1 Å². The van der Waals surface area contributed by atoms with Gasteiger partial charge in [-0.05, 0) is 24.3 Å². The average Bonchev–Trinajstić information content (AvgIpc) is 2.87. The van der Waals surface area contributed by atoms with Gasteiger partial charge in [-0.2, -0.15) is 0 Å². The quantitative estimate of drug-likeness (QED) is 0.365. The Morgan fingerprint density at radius 3 is 1.45 bits per heavy atom. The summed E-state index contributed by atoms with van der Waals surface area (Å²) in [6.45, 7) is 0. The highest BCUT2D eigenvalue weighted by Gasteiger charge is 2.19. The Balaban J connectivity index is 0.000000294. The van der Waals surface area contributed by atoms with Crippen LogP contribution in [0.2, 0.25) is 20.1 Å². The van der Waals surface area contributed by atoms with Crippen molar-refractivity contribution in [2.45, 2.75) is 0 Å². The monoisotopic (exact) mass is 604 g/mol. The van der Waals surface area contributed by atoms with Gasteiger partial charge in [-0.25, -0.2) is 19.4 Å². The summed E-state index contributed by atoms with van der Waals surface area (Å²) in [7, 11) is 1.15. The number of aromatic nitrogens is 1. The van der Waals surface area contributed by atoms with E-state index in [1.807, 2.05) is 0 Å². The van der Waals surface area contributed by atoms with Crippen LogP contribution in [-0.2, 0) is 4.74 Å². The third-order valence-electron chi connectivity index (χ3n) is 4.21. The van der Waals surface area contributed by atoms with E-state index in [-0.39, 0.29) is 31.2 Å². The zero-order chi connectivity index (χ0) is 29.2. The van der Waals surface area contributed by atoms with Crippen molar-refractivity contribution in [3.05, 3.63) is 96.7 Å². The number of carboxylic acids is 3. The number of amides is 1. The molecule has 2 aromatic carbocycles. The normalized spacial score (nSPS) is 9.61. The van der Waals surface area contributed by atoms with Crippen molar-refractivity contribution in [3.63, 3.8) is 0 Å². The number of ether oxygens (including phenoxy) is 1. The van der Waals surface area contributed by atoms with Crippen molar-refractivity contribution in [1.29, 1.82) is 0 Å². The van der Waals surface area contributed by atoms with E-state index in [0.717, 1.165) is 25.3 Å². The molecule has 3 aromatic rings. The van der Waals surface area contributed by atoms with Crippen LogP contribution in [0.15, 0.2) is 48.8 Å². The molecule has 0 bridgehead atoms. The van der Waals surface area contributed by atoms with Gasteiger partial charge in [0.15, 0.2) is 12.4 Å².